The van der Waals surface area contributed by atoms with Crippen LogP contribution >= 0.6 is 0 Å². The summed E-state index contributed by atoms with van der Waals surface area (Å²) < 4.78 is 6.01. The van der Waals surface area contributed by atoms with Crippen LogP contribution < -0.4 is 4.74 Å². The van der Waals surface area contributed by atoms with Gasteiger partial charge in [0.2, 0.25) is 0 Å². The molecule has 2 aliphatic carbocycles. The number of likely N-dealkylation sites (tertiary alicyclic amines) is 1. The third-order valence-corrected chi connectivity index (χ3v) is 6.46. The van der Waals surface area contributed by atoms with Crippen molar-refractivity contribution >= 4 is 0 Å². The van der Waals surface area contributed by atoms with Gasteiger partial charge in [0, 0.05) is 11.5 Å². The van der Waals surface area contributed by atoms with Gasteiger partial charge in [-0.3, -0.25) is 0 Å². The number of ether oxygens (including phenoxy) is 1. The zero-order chi connectivity index (χ0) is 15.3. The van der Waals surface area contributed by atoms with Crippen LogP contribution in [-0.2, 0) is 11.8 Å². The first kappa shape index (κ1) is 14.6. The number of rotatable bonds is 2. The van der Waals surface area contributed by atoms with Crippen LogP contribution in [0.1, 0.15) is 57.1 Å². The summed E-state index contributed by atoms with van der Waals surface area (Å²) in [6.07, 6.45) is 8.47. The number of hydrogen-bond donors (Lipinski definition) is 0. The second kappa shape index (κ2) is 5.26. The van der Waals surface area contributed by atoms with Crippen LogP contribution in [0, 0.1) is 5.92 Å². The van der Waals surface area contributed by atoms with Crippen molar-refractivity contribution in [2.75, 3.05) is 13.6 Å². The van der Waals surface area contributed by atoms with Crippen molar-refractivity contribution in [1.29, 1.82) is 0 Å². The molecular formula is C20H29NO. The smallest absolute Gasteiger partial charge is 0.119 e. The summed E-state index contributed by atoms with van der Waals surface area (Å²) in [5.41, 5.74) is 3.67. The zero-order valence-corrected chi connectivity index (χ0v) is 14.3. The maximum Gasteiger partial charge on any atom is 0.119 e. The van der Waals surface area contributed by atoms with E-state index in [4.69, 9.17) is 4.74 Å². The highest BCUT2D eigenvalue weighted by Gasteiger charge is 2.53. The number of benzene rings is 1. The standard InChI is InChI=1S/C20H29NO/c1-14(2)22-16-8-7-15-12-19-17-6-4-5-9-20(17,18(15)13-16)10-11-21(19)3/h7-8,13-14,17,19H,4-6,9-12H2,1-3H3. The lowest BCUT2D eigenvalue weighted by molar-refractivity contribution is 0.00266. The Morgan fingerprint density at radius 1 is 1.23 bits per heavy atom. The molecule has 22 heavy (non-hydrogen) atoms. The van der Waals surface area contributed by atoms with Gasteiger partial charge in [0.25, 0.3) is 0 Å². The van der Waals surface area contributed by atoms with Gasteiger partial charge in [-0.15, -0.1) is 0 Å². The van der Waals surface area contributed by atoms with Crippen LogP contribution in [0.15, 0.2) is 18.2 Å². The van der Waals surface area contributed by atoms with Gasteiger partial charge < -0.3 is 9.64 Å². The summed E-state index contributed by atoms with van der Waals surface area (Å²) in [6, 6.07) is 7.70. The average molecular weight is 299 g/mol. The third-order valence-electron chi connectivity index (χ3n) is 6.46. The molecule has 0 amide bonds. The van der Waals surface area contributed by atoms with E-state index in [0.29, 0.717) is 5.41 Å². The maximum absolute atomic E-state index is 6.01. The summed E-state index contributed by atoms with van der Waals surface area (Å²) in [5, 5.41) is 0. The number of hydrogen-bond acceptors (Lipinski definition) is 2. The molecule has 0 aromatic heterocycles. The van der Waals surface area contributed by atoms with E-state index in [1.165, 1.54) is 45.1 Å². The minimum Gasteiger partial charge on any atom is -0.491 e. The molecule has 1 aliphatic heterocycles. The lowest BCUT2D eigenvalue weighted by Gasteiger charge is -2.58. The molecule has 1 heterocycles. The number of piperidine rings is 1. The van der Waals surface area contributed by atoms with Crippen LogP contribution in [0.2, 0.25) is 0 Å². The van der Waals surface area contributed by atoms with Crippen molar-refractivity contribution < 1.29 is 4.74 Å². The summed E-state index contributed by atoms with van der Waals surface area (Å²) in [6.45, 7) is 5.50. The average Bonchev–Trinajstić information content (AvgIpc) is 2.51. The molecule has 0 N–H and O–H groups in total. The summed E-state index contributed by atoms with van der Waals surface area (Å²) in [7, 11) is 2.34. The van der Waals surface area contributed by atoms with Gasteiger partial charge in [-0.25, -0.2) is 0 Å². The molecule has 1 aromatic rings. The van der Waals surface area contributed by atoms with Crippen LogP contribution in [0.4, 0.5) is 0 Å². The van der Waals surface area contributed by atoms with Crippen molar-refractivity contribution in [2.24, 2.45) is 5.92 Å². The number of nitrogens with zero attached hydrogens (tertiary/aromatic N) is 1. The van der Waals surface area contributed by atoms with Crippen LogP contribution in [0.3, 0.4) is 0 Å². The van der Waals surface area contributed by atoms with Crippen molar-refractivity contribution in [1.82, 2.24) is 4.90 Å². The molecule has 1 saturated carbocycles. The molecule has 2 fully saturated rings. The van der Waals surface area contributed by atoms with Crippen molar-refractivity contribution in [3.63, 3.8) is 0 Å². The van der Waals surface area contributed by atoms with E-state index in [1.807, 2.05) is 0 Å². The second-order valence-electron chi connectivity index (χ2n) is 8.00. The Labute approximate surface area is 134 Å². The Balaban J connectivity index is 1.80. The maximum atomic E-state index is 6.01. The molecule has 1 aromatic carbocycles. The number of fused-ring (bicyclic) bond motifs is 1. The first-order valence-electron chi connectivity index (χ1n) is 9.10. The van der Waals surface area contributed by atoms with Crippen molar-refractivity contribution in [3.05, 3.63) is 29.3 Å². The van der Waals surface area contributed by atoms with Gasteiger partial charge in [0.1, 0.15) is 5.75 Å². The monoisotopic (exact) mass is 299 g/mol. The predicted molar refractivity (Wildman–Crippen MR) is 90.6 cm³/mol. The van der Waals surface area contributed by atoms with E-state index >= 15 is 0 Å². The lowest BCUT2D eigenvalue weighted by Crippen LogP contribution is -2.59. The first-order chi connectivity index (χ1) is 10.6. The zero-order valence-electron chi connectivity index (χ0n) is 14.3. The fourth-order valence-corrected chi connectivity index (χ4v) is 5.52. The van der Waals surface area contributed by atoms with Gasteiger partial charge in [0.05, 0.1) is 6.10 Å². The minimum atomic E-state index is 0.256. The molecule has 0 spiro atoms. The molecule has 3 atom stereocenters. The van der Waals surface area contributed by atoms with Crippen LogP contribution in [-0.4, -0.2) is 30.6 Å². The quantitative estimate of drug-likeness (QED) is 0.813. The molecule has 0 radical (unpaired) electrons. The van der Waals surface area contributed by atoms with Gasteiger partial charge in [0.15, 0.2) is 0 Å². The highest BCUT2D eigenvalue weighted by molar-refractivity contribution is 5.45. The normalized spacial score (nSPS) is 34.2. The van der Waals surface area contributed by atoms with Gasteiger partial charge in [-0.1, -0.05) is 18.9 Å². The molecule has 2 nitrogen and oxygen atoms in total. The van der Waals surface area contributed by atoms with E-state index < -0.39 is 0 Å². The fraction of sp³-hybridized carbons (Fsp3) is 0.700. The van der Waals surface area contributed by atoms with Crippen molar-refractivity contribution in [3.8, 4) is 5.75 Å². The van der Waals surface area contributed by atoms with Crippen LogP contribution in [0.5, 0.6) is 5.75 Å². The molecule has 4 rings (SSSR count). The lowest BCUT2D eigenvalue weighted by atomic mass is 9.52. The highest BCUT2D eigenvalue weighted by Crippen LogP contribution is 2.55. The van der Waals surface area contributed by atoms with Crippen LogP contribution in [0.25, 0.3) is 0 Å². The highest BCUT2D eigenvalue weighted by atomic mass is 16.5. The van der Waals surface area contributed by atoms with Crippen molar-refractivity contribution in [2.45, 2.75) is 69.9 Å². The SMILES string of the molecule is CC(C)Oc1ccc2c(c1)C13CCCCC1C(C2)N(C)CC3. The second-order valence-corrected chi connectivity index (χ2v) is 8.00. The Morgan fingerprint density at radius 3 is 2.91 bits per heavy atom. The molecule has 3 unspecified atom stereocenters. The van der Waals surface area contributed by atoms with Gasteiger partial charge in [-0.2, -0.15) is 0 Å². The molecule has 2 bridgehead atoms. The summed E-state index contributed by atoms with van der Waals surface area (Å²) in [5.74, 6) is 1.94. The van der Waals surface area contributed by atoms with E-state index in [2.05, 4.69) is 44.0 Å². The minimum absolute atomic E-state index is 0.256. The van der Waals surface area contributed by atoms with E-state index in [9.17, 15) is 0 Å². The largest absolute Gasteiger partial charge is 0.491 e. The molecule has 3 aliphatic rings. The summed E-state index contributed by atoms with van der Waals surface area (Å²) >= 11 is 0. The Hall–Kier alpha value is -1.02. The third kappa shape index (κ3) is 2.11. The Morgan fingerprint density at radius 2 is 2.09 bits per heavy atom. The Kier molecular flexibility index (Phi) is 3.48. The Bertz CT molecular complexity index is 567. The predicted octanol–water partition coefficient (Wildman–Crippen LogP) is 4.16. The molecule has 1 saturated heterocycles. The van der Waals surface area contributed by atoms with E-state index in [-0.39, 0.29) is 6.10 Å². The molecular weight excluding hydrogens is 270 g/mol. The van der Waals surface area contributed by atoms with E-state index in [1.54, 1.807) is 11.1 Å². The topological polar surface area (TPSA) is 12.5 Å². The fourth-order valence-electron chi connectivity index (χ4n) is 5.52. The number of likely N-dealkylation sites (N-methyl/N-ethyl adjacent to an activating group) is 1. The first-order valence-corrected chi connectivity index (χ1v) is 9.10. The molecule has 120 valence electrons. The van der Waals surface area contributed by atoms with Gasteiger partial charge in [-0.05, 0) is 82.3 Å². The van der Waals surface area contributed by atoms with E-state index in [0.717, 1.165) is 17.7 Å². The summed E-state index contributed by atoms with van der Waals surface area (Å²) in [4.78, 5) is 2.63. The van der Waals surface area contributed by atoms with Gasteiger partial charge >= 0.3 is 0 Å². The molecule has 2 heteroatoms.